The lowest BCUT2D eigenvalue weighted by Gasteiger charge is -2.09. The zero-order valence-corrected chi connectivity index (χ0v) is 11.3. The summed E-state index contributed by atoms with van der Waals surface area (Å²) in [5.74, 6) is 1.19. The minimum Gasteiger partial charge on any atom is -0.491 e. The van der Waals surface area contributed by atoms with Crippen molar-refractivity contribution in [3.8, 4) is 11.4 Å². The van der Waals surface area contributed by atoms with Crippen LogP contribution in [0.5, 0.6) is 5.75 Å². The smallest absolute Gasteiger partial charge is 0.199 e. The van der Waals surface area contributed by atoms with Gasteiger partial charge in [-0.1, -0.05) is 0 Å². The van der Waals surface area contributed by atoms with Crippen molar-refractivity contribution in [2.75, 3.05) is 6.61 Å². The molecule has 0 saturated heterocycles. The summed E-state index contributed by atoms with van der Waals surface area (Å²) in [5.41, 5.74) is 0.682. The van der Waals surface area contributed by atoms with E-state index in [-0.39, 0.29) is 11.6 Å². The van der Waals surface area contributed by atoms with E-state index in [1.807, 2.05) is 6.92 Å². The van der Waals surface area contributed by atoms with E-state index in [9.17, 15) is 4.39 Å². The van der Waals surface area contributed by atoms with E-state index in [1.165, 1.54) is 6.07 Å². The molecule has 1 saturated carbocycles. The summed E-state index contributed by atoms with van der Waals surface area (Å²) in [7, 11) is 0. The number of ether oxygens (including phenoxy) is 1. The number of aromatic amines is 1. The van der Waals surface area contributed by atoms with Crippen LogP contribution in [0, 0.1) is 10.6 Å². The molecule has 1 heterocycles. The van der Waals surface area contributed by atoms with Gasteiger partial charge in [0.05, 0.1) is 12.3 Å². The molecule has 0 bridgehead atoms. The lowest BCUT2D eigenvalue weighted by molar-refractivity contribution is 0.321. The summed E-state index contributed by atoms with van der Waals surface area (Å²) >= 11 is 5.22. The number of rotatable bonds is 4. The van der Waals surface area contributed by atoms with Crippen LogP contribution < -0.4 is 4.74 Å². The van der Waals surface area contributed by atoms with E-state index in [2.05, 4.69) is 10.2 Å². The first-order valence-corrected chi connectivity index (χ1v) is 6.71. The van der Waals surface area contributed by atoms with Gasteiger partial charge in [0, 0.05) is 12.0 Å². The molecule has 1 fully saturated rings. The van der Waals surface area contributed by atoms with Gasteiger partial charge in [-0.2, -0.15) is 5.10 Å². The molecule has 0 aliphatic heterocycles. The first-order valence-electron chi connectivity index (χ1n) is 6.30. The van der Waals surface area contributed by atoms with Gasteiger partial charge >= 0.3 is 0 Å². The second-order valence-electron chi connectivity index (χ2n) is 4.54. The van der Waals surface area contributed by atoms with Gasteiger partial charge in [-0.05, 0) is 44.1 Å². The van der Waals surface area contributed by atoms with Crippen LogP contribution in [-0.2, 0) is 0 Å². The Balaban J connectivity index is 2.05. The first-order chi connectivity index (χ1) is 9.20. The van der Waals surface area contributed by atoms with Gasteiger partial charge in [-0.25, -0.2) is 4.39 Å². The maximum atomic E-state index is 13.9. The van der Waals surface area contributed by atoms with Crippen molar-refractivity contribution in [1.82, 2.24) is 14.8 Å². The Hall–Kier alpha value is -1.69. The highest BCUT2D eigenvalue weighted by Crippen LogP contribution is 2.39. The van der Waals surface area contributed by atoms with Gasteiger partial charge in [-0.3, -0.25) is 9.67 Å². The Morgan fingerprint density at radius 1 is 1.53 bits per heavy atom. The van der Waals surface area contributed by atoms with E-state index in [0.29, 0.717) is 23.0 Å². The number of aromatic nitrogens is 3. The molecule has 2 aromatic rings. The SMILES string of the molecule is CCOc1ccc(-n2c(C3CC3)n[nH]c2=S)cc1F. The number of hydrogen-bond acceptors (Lipinski definition) is 3. The van der Waals surface area contributed by atoms with E-state index in [0.717, 1.165) is 18.7 Å². The third-order valence-electron chi connectivity index (χ3n) is 3.11. The van der Waals surface area contributed by atoms with Gasteiger partial charge in [-0.15, -0.1) is 0 Å². The third kappa shape index (κ3) is 2.28. The van der Waals surface area contributed by atoms with Gasteiger partial charge in [0.25, 0.3) is 0 Å². The van der Waals surface area contributed by atoms with Gasteiger partial charge in [0.2, 0.25) is 0 Å². The van der Waals surface area contributed by atoms with Crippen LogP contribution in [0.15, 0.2) is 18.2 Å². The minimum atomic E-state index is -0.385. The normalized spacial score (nSPS) is 14.6. The van der Waals surface area contributed by atoms with Crippen molar-refractivity contribution in [1.29, 1.82) is 0 Å². The van der Waals surface area contributed by atoms with E-state index in [4.69, 9.17) is 17.0 Å². The van der Waals surface area contributed by atoms with Gasteiger partial charge in [0.1, 0.15) is 5.82 Å². The first kappa shape index (κ1) is 12.3. The van der Waals surface area contributed by atoms with E-state index < -0.39 is 0 Å². The minimum absolute atomic E-state index is 0.259. The molecule has 4 nitrogen and oxygen atoms in total. The van der Waals surface area contributed by atoms with Crippen molar-refractivity contribution < 1.29 is 9.13 Å². The fourth-order valence-corrected chi connectivity index (χ4v) is 2.32. The number of H-pyrrole nitrogens is 1. The molecule has 6 heteroatoms. The Morgan fingerprint density at radius 3 is 2.95 bits per heavy atom. The molecule has 3 rings (SSSR count). The molecule has 0 atom stereocenters. The third-order valence-corrected chi connectivity index (χ3v) is 3.39. The van der Waals surface area contributed by atoms with Gasteiger partial charge in [0.15, 0.2) is 16.3 Å². The molecule has 1 aliphatic rings. The number of nitrogens with zero attached hydrogens (tertiary/aromatic N) is 2. The van der Waals surface area contributed by atoms with Crippen molar-refractivity contribution in [3.63, 3.8) is 0 Å². The second-order valence-corrected chi connectivity index (χ2v) is 4.93. The Labute approximate surface area is 115 Å². The average Bonchev–Trinajstić information content (AvgIpc) is 3.16. The van der Waals surface area contributed by atoms with Gasteiger partial charge < -0.3 is 4.74 Å². The Bertz CT molecular complexity index is 660. The predicted molar refractivity (Wildman–Crippen MR) is 71.9 cm³/mol. The molecule has 100 valence electrons. The fourth-order valence-electron chi connectivity index (χ4n) is 2.08. The summed E-state index contributed by atoms with van der Waals surface area (Å²) in [4.78, 5) is 0. The number of nitrogens with one attached hydrogen (secondary N) is 1. The summed E-state index contributed by atoms with van der Waals surface area (Å²) in [6.07, 6.45) is 2.22. The van der Waals surface area contributed by atoms with Crippen molar-refractivity contribution in [2.45, 2.75) is 25.7 Å². The Kier molecular flexibility index (Phi) is 3.10. The van der Waals surface area contributed by atoms with E-state index >= 15 is 0 Å². The molecule has 0 amide bonds. The maximum Gasteiger partial charge on any atom is 0.199 e. The lowest BCUT2D eigenvalue weighted by atomic mass is 10.2. The van der Waals surface area contributed by atoms with E-state index in [1.54, 1.807) is 16.7 Å². The quantitative estimate of drug-likeness (QED) is 0.873. The monoisotopic (exact) mass is 279 g/mol. The number of halogens is 1. The molecule has 1 aliphatic carbocycles. The molecule has 0 spiro atoms. The number of benzene rings is 1. The molecule has 1 aromatic carbocycles. The van der Waals surface area contributed by atoms with Crippen molar-refractivity contribution in [2.24, 2.45) is 0 Å². The molecular formula is C13H14FN3OS. The summed E-state index contributed by atoms with van der Waals surface area (Å²) in [6.45, 7) is 2.26. The average molecular weight is 279 g/mol. The van der Waals surface area contributed by atoms with Crippen LogP contribution in [-0.4, -0.2) is 21.4 Å². The molecule has 0 unspecified atom stereocenters. The van der Waals surface area contributed by atoms with Crippen molar-refractivity contribution >= 4 is 12.2 Å². The summed E-state index contributed by atoms with van der Waals surface area (Å²) < 4.78 is 21.4. The molecule has 1 N–H and O–H groups in total. The second kappa shape index (κ2) is 4.77. The van der Waals surface area contributed by atoms with Crippen LogP contribution in [0.25, 0.3) is 5.69 Å². The number of hydrogen-bond donors (Lipinski definition) is 1. The van der Waals surface area contributed by atoms with Crippen LogP contribution in [0.4, 0.5) is 4.39 Å². The topological polar surface area (TPSA) is 42.8 Å². The maximum absolute atomic E-state index is 13.9. The highest BCUT2D eigenvalue weighted by atomic mass is 32.1. The van der Waals surface area contributed by atoms with Crippen LogP contribution in [0.3, 0.4) is 0 Å². The molecule has 19 heavy (non-hydrogen) atoms. The van der Waals surface area contributed by atoms with Crippen LogP contribution in [0.1, 0.15) is 31.5 Å². The van der Waals surface area contributed by atoms with Crippen LogP contribution in [0.2, 0.25) is 0 Å². The standard InChI is InChI=1S/C13H14FN3OS/c1-2-18-11-6-5-9(7-10(11)14)17-12(8-3-4-8)15-16-13(17)19/h5-8H,2-4H2,1H3,(H,16,19). The zero-order chi connectivity index (χ0) is 13.4. The predicted octanol–water partition coefficient (Wildman–Crippen LogP) is 3.35. The zero-order valence-electron chi connectivity index (χ0n) is 10.5. The molecular weight excluding hydrogens is 265 g/mol. The Morgan fingerprint density at radius 2 is 2.32 bits per heavy atom. The summed E-state index contributed by atoms with van der Waals surface area (Å²) in [6, 6.07) is 4.85. The molecule has 1 aromatic heterocycles. The van der Waals surface area contributed by atoms with Crippen molar-refractivity contribution in [3.05, 3.63) is 34.6 Å². The highest BCUT2D eigenvalue weighted by Gasteiger charge is 2.29. The molecule has 0 radical (unpaired) electrons. The summed E-state index contributed by atoms with van der Waals surface area (Å²) in [5, 5.41) is 7.01. The largest absolute Gasteiger partial charge is 0.491 e. The van der Waals surface area contributed by atoms with Crippen LogP contribution >= 0.6 is 12.2 Å². The fraction of sp³-hybridized carbons (Fsp3) is 0.385. The highest BCUT2D eigenvalue weighted by molar-refractivity contribution is 7.71. The lowest BCUT2D eigenvalue weighted by Crippen LogP contribution is -2.02.